The number of aliphatic hydroxyl groups excluding tert-OH is 1. The number of benzene rings is 1. The van der Waals surface area contributed by atoms with Gasteiger partial charge in [-0.25, -0.2) is 0 Å². The van der Waals surface area contributed by atoms with Crippen molar-refractivity contribution in [1.29, 1.82) is 0 Å². The van der Waals surface area contributed by atoms with Gasteiger partial charge in [-0.1, -0.05) is 26.0 Å². The number of H-pyrrole nitrogens is 1. The first-order valence-electron chi connectivity index (χ1n) is 12.0. The van der Waals surface area contributed by atoms with Gasteiger partial charge in [-0.3, -0.25) is 9.59 Å². The molecular formula is C26H34N4O3. The highest BCUT2D eigenvalue weighted by Gasteiger charge is 2.30. The van der Waals surface area contributed by atoms with E-state index in [0.29, 0.717) is 12.0 Å². The van der Waals surface area contributed by atoms with Crippen molar-refractivity contribution >= 4 is 29.2 Å². The largest absolute Gasteiger partial charge is 0.396 e. The maximum Gasteiger partial charge on any atom is 0.256 e. The minimum atomic E-state index is -0.160. The van der Waals surface area contributed by atoms with Crippen LogP contribution in [0.15, 0.2) is 18.2 Å². The number of amides is 2. The number of aromatic nitrogens is 1. The maximum atomic E-state index is 13.5. The second kappa shape index (κ2) is 9.93. The molecule has 176 valence electrons. The summed E-state index contributed by atoms with van der Waals surface area (Å²) in [5.74, 6) is -0.0861. The SMILES string of the molecule is CCN(CC)CCN1CCCc2[nH]c(C=C3C(=O)Nc4cccc(CCO)c43)c(C)c2C1=O. The third kappa shape index (κ3) is 4.48. The number of hydrogen-bond acceptors (Lipinski definition) is 4. The molecule has 33 heavy (non-hydrogen) atoms. The van der Waals surface area contributed by atoms with Crippen molar-refractivity contribution in [3.63, 3.8) is 0 Å². The van der Waals surface area contributed by atoms with Crippen LogP contribution in [0.2, 0.25) is 0 Å². The molecule has 2 aliphatic rings. The van der Waals surface area contributed by atoms with Crippen LogP contribution >= 0.6 is 0 Å². The molecule has 1 aromatic carbocycles. The Morgan fingerprint density at radius 1 is 1.18 bits per heavy atom. The molecule has 0 radical (unpaired) electrons. The Morgan fingerprint density at radius 3 is 2.70 bits per heavy atom. The summed E-state index contributed by atoms with van der Waals surface area (Å²) < 4.78 is 0. The Bertz CT molecular complexity index is 1080. The molecule has 3 N–H and O–H groups in total. The zero-order valence-corrected chi connectivity index (χ0v) is 19.8. The van der Waals surface area contributed by atoms with E-state index in [1.54, 1.807) is 0 Å². The summed E-state index contributed by atoms with van der Waals surface area (Å²) in [7, 11) is 0. The molecule has 0 fully saturated rings. The first-order valence-corrected chi connectivity index (χ1v) is 12.0. The van der Waals surface area contributed by atoms with Crippen molar-refractivity contribution in [3.05, 3.63) is 51.8 Å². The molecule has 0 saturated carbocycles. The number of rotatable bonds is 8. The van der Waals surface area contributed by atoms with Crippen molar-refractivity contribution in [1.82, 2.24) is 14.8 Å². The number of likely N-dealkylation sites (N-methyl/N-ethyl adjacent to an activating group) is 1. The van der Waals surface area contributed by atoms with E-state index in [9.17, 15) is 14.7 Å². The average Bonchev–Trinajstić information content (AvgIpc) is 3.23. The van der Waals surface area contributed by atoms with Crippen molar-refractivity contribution < 1.29 is 14.7 Å². The third-order valence-corrected chi connectivity index (χ3v) is 6.89. The van der Waals surface area contributed by atoms with Crippen LogP contribution in [0.5, 0.6) is 0 Å². The molecule has 7 nitrogen and oxygen atoms in total. The van der Waals surface area contributed by atoms with Gasteiger partial charge in [-0.2, -0.15) is 0 Å². The lowest BCUT2D eigenvalue weighted by Gasteiger charge is -2.25. The maximum absolute atomic E-state index is 13.5. The van der Waals surface area contributed by atoms with Crippen LogP contribution in [0.3, 0.4) is 0 Å². The Kier molecular flexibility index (Phi) is 7.00. The van der Waals surface area contributed by atoms with Crippen LogP contribution < -0.4 is 5.32 Å². The highest BCUT2D eigenvalue weighted by Crippen LogP contribution is 2.37. The summed E-state index contributed by atoms with van der Waals surface area (Å²) in [6, 6.07) is 5.71. The van der Waals surface area contributed by atoms with Crippen LogP contribution in [0.4, 0.5) is 5.69 Å². The summed E-state index contributed by atoms with van der Waals surface area (Å²) >= 11 is 0. The van der Waals surface area contributed by atoms with Crippen molar-refractivity contribution in [2.24, 2.45) is 0 Å². The average molecular weight is 451 g/mol. The first-order chi connectivity index (χ1) is 16.0. The van der Waals surface area contributed by atoms with Crippen molar-refractivity contribution in [2.75, 3.05) is 44.6 Å². The molecule has 2 aromatic rings. The van der Waals surface area contributed by atoms with E-state index in [-0.39, 0.29) is 18.4 Å². The molecule has 0 saturated heterocycles. The molecule has 0 aliphatic carbocycles. The lowest BCUT2D eigenvalue weighted by Crippen LogP contribution is -2.38. The number of anilines is 1. The van der Waals surface area contributed by atoms with Gasteiger partial charge in [0.1, 0.15) is 0 Å². The molecule has 0 unspecified atom stereocenters. The molecule has 1 aromatic heterocycles. The summed E-state index contributed by atoms with van der Waals surface area (Å²) in [5, 5.41) is 12.4. The van der Waals surface area contributed by atoms with Gasteiger partial charge in [0.15, 0.2) is 0 Å². The minimum absolute atomic E-state index is 0.0194. The Labute approximate surface area is 195 Å². The second-order valence-electron chi connectivity index (χ2n) is 8.77. The second-order valence-corrected chi connectivity index (χ2v) is 8.77. The van der Waals surface area contributed by atoms with Crippen LogP contribution in [0.1, 0.15) is 58.7 Å². The monoisotopic (exact) mass is 450 g/mol. The number of aliphatic hydroxyl groups is 1. The first kappa shape index (κ1) is 23.3. The smallest absolute Gasteiger partial charge is 0.256 e. The topological polar surface area (TPSA) is 88.7 Å². The van der Waals surface area contributed by atoms with Crippen molar-refractivity contribution in [3.8, 4) is 0 Å². The third-order valence-electron chi connectivity index (χ3n) is 6.89. The fourth-order valence-electron chi connectivity index (χ4n) is 4.96. The summed E-state index contributed by atoms with van der Waals surface area (Å²) in [4.78, 5) is 34.0. The number of carbonyl (C=O) groups excluding carboxylic acids is 2. The normalized spacial score (nSPS) is 16.9. The Morgan fingerprint density at radius 2 is 1.97 bits per heavy atom. The molecular weight excluding hydrogens is 416 g/mol. The van der Waals surface area contributed by atoms with E-state index in [1.165, 1.54) is 0 Å². The molecule has 0 atom stereocenters. The van der Waals surface area contributed by atoms with E-state index in [4.69, 9.17) is 0 Å². The van der Waals surface area contributed by atoms with Gasteiger partial charge < -0.3 is 25.2 Å². The van der Waals surface area contributed by atoms with Gasteiger partial charge in [-0.15, -0.1) is 0 Å². The summed E-state index contributed by atoms with van der Waals surface area (Å²) in [6.45, 7) is 10.6. The predicted octanol–water partition coefficient (Wildman–Crippen LogP) is 3.08. The van der Waals surface area contributed by atoms with E-state index in [1.807, 2.05) is 36.1 Å². The van der Waals surface area contributed by atoms with E-state index in [2.05, 4.69) is 29.0 Å². The number of aromatic amines is 1. The fourth-order valence-corrected chi connectivity index (χ4v) is 4.96. The zero-order chi connectivity index (χ0) is 23.5. The van der Waals surface area contributed by atoms with E-state index in [0.717, 1.165) is 84.9 Å². The van der Waals surface area contributed by atoms with E-state index >= 15 is 0 Å². The number of aryl methyl sites for hydroxylation is 1. The van der Waals surface area contributed by atoms with E-state index < -0.39 is 0 Å². The Hall–Kier alpha value is -2.90. The minimum Gasteiger partial charge on any atom is -0.396 e. The predicted molar refractivity (Wildman–Crippen MR) is 131 cm³/mol. The fraction of sp³-hybridized carbons (Fsp3) is 0.462. The van der Waals surface area contributed by atoms with Crippen LogP contribution in [0, 0.1) is 6.92 Å². The van der Waals surface area contributed by atoms with Gasteiger partial charge in [0.25, 0.3) is 11.8 Å². The number of hydrogen-bond donors (Lipinski definition) is 3. The molecule has 7 heteroatoms. The molecule has 2 amide bonds. The zero-order valence-electron chi connectivity index (χ0n) is 19.8. The molecule has 4 rings (SSSR count). The van der Waals surface area contributed by atoms with Crippen LogP contribution in [0.25, 0.3) is 11.6 Å². The lowest BCUT2D eigenvalue weighted by molar-refractivity contribution is -0.110. The van der Waals surface area contributed by atoms with Gasteiger partial charge in [0.05, 0.1) is 11.1 Å². The van der Waals surface area contributed by atoms with Gasteiger partial charge in [0, 0.05) is 48.9 Å². The van der Waals surface area contributed by atoms with Crippen molar-refractivity contribution in [2.45, 2.75) is 40.0 Å². The molecule has 3 heterocycles. The summed E-state index contributed by atoms with van der Waals surface area (Å²) in [6.07, 6.45) is 4.07. The van der Waals surface area contributed by atoms with Crippen LogP contribution in [-0.4, -0.2) is 71.0 Å². The molecule has 0 bridgehead atoms. The van der Waals surface area contributed by atoms with Gasteiger partial charge in [0.2, 0.25) is 0 Å². The number of nitrogens with zero attached hydrogens (tertiary/aromatic N) is 2. The quantitative estimate of drug-likeness (QED) is 0.540. The standard InChI is InChI=1S/C26H34N4O3/c1-4-29(5-2)13-14-30-12-7-10-20-23(26(30)33)17(3)22(27-20)16-19-24-18(11-15-31)8-6-9-21(24)28-25(19)32/h6,8-9,16,27,31H,4-5,7,10-15H2,1-3H3,(H,28,32). The highest BCUT2D eigenvalue weighted by molar-refractivity contribution is 6.35. The van der Waals surface area contributed by atoms with Gasteiger partial charge in [-0.05, 0) is 62.5 Å². The molecule has 0 spiro atoms. The lowest BCUT2D eigenvalue weighted by atomic mass is 9.97. The number of carbonyl (C=O) groups is 2. The van der Waals surface area contributed by atoms with Gasteiger partial charge >= 0.3 is 0 Å². The highest BCUT2D eigenvalue weighted by atomic mass is 16.3. The summed E-state index contributed by atoms with van der Waals surface area (Å²) in [5.41, 5.74) is 6.50. The van der Waals surface area contributed by atoms with Crippen LogP contribution in [-0.2, 0) is 17.6 Å². The molecule has 2 aliphatic heterocycles. The Balaban J connectivity index is 1.67. The number of fused-ring (bicyclic) bond motifs is 2. The number of nitrogens with one attached hydrogen (secondary N) is 2.